The molecule has 8 heteroatoms. The van der Waals surface area contributed by atoms with E-state index in [1.54, 1.807) is 6.08 Å². The number of para-hydroxylation sites is 1. The fourth-order valence-electron chi connectivity index (χ4n) is 4.70. The molecule has 196 valence electrons. The van der Waals surface area contributed by atoms with Crippen molar-refractivity contribution in [1.82, 2.24) is 24.3 Å². The van der Waals surface area contributed by atoms with Gasteiger partial charge in [0.15, 0.2) is 0 Å². The van der Waals surface area contributed by atoms with Crippen molar-refractivity contribution in [2.24, 2.45) is 5.92 Å². The summed E-state index contributed by atoms with van der Waals surface area (Å²) in [5.41, 5.74) is 1.68. The molecule has 8 nitrogen and oxygen atoms in total. The summed E-state index contributed by atoms with van der Waals surface area (Å²) in [4.78, 5) is 25.6. The fourth-order valence-corrected chi connectivity index (χ4v) is 4.70. The van der Waals surface area contributed by atoms with Gasteiger partial charge in [0.2, 0.25) is 11.8 Å². The number of likely N-dealkylation sites (N-methyl/N-ethyl adjacent to an activating group) is 1. The lowest BCUT2D eigenvalue weighted by Crippen LogP contribution is -2.40. The van der Waals surface area contributed by atoms with Crippen LogP contribution in [0.25, 0.3) is 11.0 Å². The van der Waals surface area contributed by atoms with Crippen LogP contribution in [0.15, 0.2) is 85.3 Å². The van der Waals surface area contributed by atoms with Crippen LogP contribution in [0.5, 0.6) is 23.1 Å². The number of carbonyl (C=O) groups is 1. The van der Waals surface area contributed by atoms with E-state index in [1.165, 1.54) is 6.33 Å². The van der Waals surface area contributed by atoms with E-state index >= 15 is 0 Å². The molecule has 1 amide bonds. The first-order valence-electron chi connectivity index (χ1n) is 13.0. The highest BCUT2D eigenvalue weighted by atomic mass is 16.5. The van der Waals surface area contributed by atoms with E-state index in [0.29, 0.717) is 17.5 Å². The number of ether oxygens (including phenoxy) is 2. The zero-order chi connectivity index (χ0) is 26.3. The Bertz CT molecular complexity index is 1380. The minimum absolute atomic E-state index is 0.0842. The van der Waals surface area contributed by atoms with Crippen molar-refractivity contribution in [3.63, 3.8) is 0 Å². The first kappa shape index (κ1) is 25.5. The van der Waals surface area contributed by atoms with Gasteiger partial charge >= 0.3 is 0 Å². The molecule has 0 N–H and O–H groups in total. The number of rotatable bonds is 9. The van der Waals surface area contributed by atoms with Crippen LogP contribution in [-0.4, -0.2) is 64.0 Å². The Balaban J connectivity index is 1.27. The predicted octanol–water partition coefficient (Wildman–Crippen LogP) is 5.37. The van der Waals surface area contributed by atoms with Crippen LogP contribution < -0.4 is 9.47 Å². The number of amides is 1. The molecule has 1 fully saturated rings. The topological polar surface area (TPSA) is 72.7 Å². The third kappa shape index (κ3) is 6.39. The number of hydrogen-bond acceptors (Lipinski definition) is 6. The SMILES string of the molecule is CN(C)C/C=C/C(=O)N1CCCC(Cn2ccc3ncnc(Oc4ccc(Oc5ccccc5)cc4)c32)C1. The van der Waals surface area contributed by atoms with Gasteiger partial charge in [-0.1, -0.05) is 24.3 Å². The molecule has 0 radical (unpaired) electrons. The monoisotopic (exact) mass is 511 g/mol. The van der Waals surface area contributed by atoms with Crippen molar-refractivity contribution in [3.8, 4) is 23.1 Å². The molecule has 1 saturated heterocycles. The highest BCUT2D eigenvalue weighted by Crippen LogP contribution is 2.31. The highest BCUT2D eigenvalue weighted by Gasteiger charge is 2.24. The molecule has 1 aliphatic rings. The largest absolute Gasteiger partial charge is 0.457 e. The number of fused-ring (bicyclic) bond motifs is 1. The van der Waals surface area contributed by atoms with Crippen molar-refractivity contribution in [2.75, 3.05) is 33.7 Å². The maximum atomic E-state index is 12.7. The molecule has 0 saturated carbocycles. The second-order valence-electron chi connectivity index (χ2n) is 9.83. The summed E-state index contributed by atoms with van der Waals surface area (Å²) < 4.78 is 14.2. The van der Waals surface area contributed by atoms with Crippen LogP contribution >= 0.6 is 0 Å². The van der Waals surface area contributed by atoms with Crippen LogP contribution in [0.3, 0.4) is 0 Å². The van der Waals surface area contributed by atoms with Gasteiger partial charge in [-0.25, -0.2) is 4.98 Å². The molecule has 2 aromatic heterocycles. The summed E-state index contributed by atoms with van der Waals surface area (Å²) in [6.07, 6.45) is 9.23. The number of carbonyl (C=O) groups excluding carboxylic acids is 1. The number of piperidine rings is 1. The van der Waals surface area contributed by atoms with Gasteiger partial charge in [0.1, 0.15) is 29.1 Å². The summed E-state index contributed by atoms with van der Waals surface area (Å²) in [5, 5.41) is 0. The van der Waals surface area contributed by atoms with Crippen LogP contribution in [0, 0.1) is 5.92 Å². The van der Waals surface area contributed by atoms with E-state index in [-0.39, 0.29) is 5.91 Å². The lowest BCUT2D eigenvalue weighted by molar-refractivity contribution is -0.127. The summed E-state index contributed by atoms with van der Waals surface area (Å²) in [6, 6.07) is 19.1. The summed E-state index contributed by atoms with van der Waals surface area (Å²) in [7, 11) is 3.98. The third-order valence-corrected chi connectivity index (χ3v) is 6.55. The molecule has 2 aromatic carbocycles. The Labute approximate surface area is 223 Å². The Morgan fingerprint density at radius 1 is 1.00 bits per heavy atom. The number of nitrogens with zero attached hydrogens (tertiary/aromatic N) is 5. The maximum Gasteiger partial charge on any atom is 0.247 e. The second kappa shape index (κ2) is 11.9. The Hall–Kier alpha value is -4.17. The molecule has 5 rings (SSSR count). The summed E-state index contributed by atoms with van der Waals surface area (Å²) in [5.74, 6) is 3.11. The molecule has 1 atom stereocenters. The van der Waals surface area contributed by atoms with Crippen molar-refractivity contribution >= 4 is 16.9 Å². The molecule has 0 aliphatic carbocycles. The van der Waals surface area contributed by atoms with E-state index in [0.717, 1.165) is 61.6 Å². The number of likely N-dealkylation sites (tertiary alicyclic amines) is 1. The lowest BCUT2D eigenvalue weighted by Gasteiger charge is -2.32. The van der Waals surface area contributed by atoms with Gasteiger partial charge in [-0.15, -0.1) is 0 Å². The van der Waals surface area contributed by atoms with Crippen molar-refractivity contribution in [1.29, 1.82) is 0 Å². The van der Waals surface area contributed by atoms with E-state index < -0.39 is 0 Å². The lowest BCUT2D eigenvalue weighted by atomic mass is 9.97. The standard InChI is InChI=1S/C30H33N5O3/c1-33(2)17-7-11-28(36)34-18-6-8-23(20-34)21-35-19-16-27-29(35)30(32-22-31-27)38-26-14-12-25(13-15-26)37-24-9-4-3-5-10-24/h3-5,7,9-16,19,22-23H,6,8,17-18,20-21H2,1-2H3/b11-7+. The quantitative estimate of drug-likeness (QED) is 0.281. The van der Waals surface area contributed by atoms with Crippen LogP contribution in [0.2, 0.25) is 0 Å². The van der Waals surface area contributed by atoms with Gasteiger partial charge < -0.3 is 23.8 Å². The Morgan fingerprint density at radius 2 is 1.74 bits per heavy atom. The Kier molecular flexibility index (Phi) is 7.99. The minimum atomic E-state index is 0.0842. The van der Waals surface area contributed by atoms with E-state index in [2.05, 4.69) is 14.5 Å². The molecule has 4 aromatic rings. The first-order chi connectivity index (χ1) is 18.5. The smallest absolute Gasteiger partial charge is 0.247 e. The van der Waals surface area contributed by atoms with Crippen LogP contribution in [0.1, 0.15) is 12.8 Å². The van der Waals surface area contributed by atoms with Crippen molar-refractivity contribution < 1.29 is 14.3 Å². The molecule has 0 spiro atoms. The molecule has 1 aliphatic heterocycles. The van der Waals surface area contributed by atoms with Crippen molar-refractivity contribution in [3.05, 3.63) is 85.3 Å². The van der Waals surface area contributed by atoms with Crippen molar-refractivity contribution in [2.45, 2.75) is 19.4 Å². The average Bonchev–Trinajstić information content (AvgIpc) is 3.34. The maximum absolute atomic E-state index is 12.7. The molecule has 1 unspecified atom stereocenters. The molecular weight excluding hydrogens is 478 g/mol. The van der Waals surface area contributed by atoms with Gasteiger partial charge in [-0.05, 0) is 75.3 Å². The van der Waals surface area contributed by atoms with E-state index in [9.17, 15) is 4.79 Å². The first-order valence-corrected chi connectivity index (χ1v) is 13.0. The van der Waals surface area contributed by atoms with E-state index in [4.69, 9.17) is 9.47 Å². The molecule has 38 heavy (non-hydrogen) atoms. The van der Waals surface area contributed by atoms with Gasteiger partial charge in [0.25, 0.3) is 0 Å². The van der Waals surface area contributed by atoms with Crippen LogP contribution in [0.4, 0.5) is 0 Å². The highest BCUT2D eigenvalue weighted by molar-refractivity contribution is 5.87. The number of benzene rings is 2. The van der Waals surface area contributed by atoms with Crippen LogP contribution in [-0.2, 0) is 11.3 Å². The Morgan fingerprint density at radius 3 is 2.50 bits per heavy atom. The zero-order valence-corrected chi connectivity index (χ0v) is 21.9. The molecular formula is C30H33N5O3. The fraction of sp³-hybridized carbons (Fsp3) is 0.300. The minimum Gasteiger partial charge on any atom is -0.457 e. The average molecular weight is 512 g/mol. The zero-order valence-electron chi connectivity index (χ0n) is 21.9. The second-order valence-corrected chi connectivity index (χ2v) is 9.83. The number of aromatic nitrogens is 3. The van der Waals surface area contributed by atoms with Gasteiger partial charge in [-0.2, -0.15) is 4.98 Å². The van der Waals surface area contributed by atoms with Gasteiger partial charge in [-0.3, -0.25) is 4.79 Å². The summed E-state index contributed by atoms with van der Waals surface area (Å²) >= 11 is 0. The van der Waals surface area contributed by atoms with Gasteiger partial charge in [0.05, 0.1) is 5.52 Å². The van der Waals surface area contributed by atoms with E-state index in [1.807, 2.05) is 96.8 Å². The molecule has 0 bridgehead atoms. The number of hydrogen-bond donors (Lipinski definition) is 0. The summed E-state index contributed by atoms with van der Waals surface area (Å²) in [6.45, 7) is 3.05. The normalized spacial score (nSPS) is 15.9. The predicted molar refractivity (Wildman–Crippen MR) is 148 cm³/mol. The molecule has 3 heterocycles. The third-order valence-electron chi connectivity index (χ3n) is 6.55. The van der Waals surface area contributed by atoms with Gasteiger partial charge in [0, 0.05) is 38.5 Å².